The van der Waals surface area contributed by atoms with Gasteiger partial charge in [-0.25, -0.2) is 0 Å². The van der Waals surface area contributed by atoms with Crippen LogP contribution in [0.15, 0.2) is 48.5 Å². The summed E-state index contributed by atoms with van der Waals surface area (Å²) in [6, 6.07) is 16.6. The van der Waals surface area contributed by atoms with Gasteiger partial charge in [-0.15, -0.1) is 0 Å². The summed E-state index contributed by atoms with van der Waals surface area (Å²) in [4.78, 5) is 14.3. The van der Waals surface area contributed by atoms with Gasteiger partial charge >= 0.3 is 0 Å². The predicted octanol–water partition coefficient (Wildman–Crippen LogP) is 3.06. The molecule has 1 aliphatic heterocycles. The molecule has 3 nitrogen and oxygen atoms in total. The Kier molecular flexibility index (Phi) is 4.54. The van der Waals surface area contributed by atoms with Gasteiger partial charge in [-0.05, 0) is 30.5 Å². The van der Waals surface area contributed by atoms with Crippen molar-refractivity contribution in [1.82, 2.24) is 5.32 Å². The largest absolute Gasteiger partial charge is 0.312 e. The SMILES string of the molecule is Cc1cccc(CNCCC(=O)N2CCc3ccccc32)c1. The van der Waals surface area contributed by atoms with E-state index >= 15 is 0 Å². The molecule has 0 saturated carbocycles. The smallest absolute Gasteiger partial charge is 0.228 e. The van der Waals surface area contributed by atoms with Crippen LogP contribution in [0, 0.1) is 6.92 Å². The molecule has 3 heteroatoms. The van der Waals surface area contributed by atoms with Gasteiger partial charge in [0.1, 0.15) is 0 Å². The van der Waals surface area contributed by atoms with Crippen molar-refractivity contribution in [1.29, 1.82) is 0 Å². The minimum atomic E-state index is 0.210. The van der Waals surface area contributed by atoms with Crippen molar-refractivity contribution in [3.8, 4) is 0 Å². The molecule has 22 heavy (non-hydrogen) atoms. The van der Waals surface area contributed by atoms with Gasteiger partial charge < -0.3 is 10.2 Å². The molecular weight excluding hydrogens is 272 g/mol. The quantitative estimate of drug-likeness (QED) is 0.860. The van der Waals surface area contributed by atoms with E-state index in [2.05, 4.69) is 42.6 Å². The molecule has 1 amide bonds. The maximum atomic E-state index is 12.4. The van der Waals surface area contributed by atoms with Gasteiger partial charge in [-0.3, -0.25) is 4.79 Å². The molecule has 0 aliphatic carbocycles. The fourth-order valence-electron chi connectivity index (χ4n) is 2.98. The molecule has 0 bridgehead atoms. The first-order valence-corrected chi connectivity index (χ1v) is 7.88. The monoisotopic (exact) mass is 294 g/mol. The number of anilines is 1. The molecule has 114 valence electrons. The number of para-hydroxylation sites is 1. The third-order valence-corrected chi connectivity index (χ3v) is 4.12. The summed E-state index contributed by atoms with van der Waals surface area (Å²) in [5.74, 6) is 0.210. The summed E-state index contributed by atoms with van der Waals surface area (Å²) in [5.41, 5.74) is 4.90. The van der Waals surface area contributed by atoms with Gasteiger partial charge in [-0.1, -0.05) is 48.0 Å². The van der Waals surface area contributed by atoms with Crippen LogP contribution in [0.5, 0.6) is 0 Å². The highest BCUT2D eigenvalue weighted by molar-refractivity contribution is 5.95. The predicted molar refractivity (Wildman–Crippen MR) is 90.0 cm³/mol. The minimum Gasteiger partial charge on any atom is -0.312 e. The Morgan fingerprint density at radius 1 is 1.18 bits per heavy atom. The molecule has 0 fully saturated rings. The fourth-order valence-corrected chi connectivity index (χ4v) is 2.98. The van der Waals surface area contributed by atoms with Crippen LogP contribution < -0.4 is 10.2 Å². The van der Waals surface area contributed by atoms with Crippen LogP contribution in [0.1, 0.15) is 23.1 Å². The average Bonchev–Trinajstić information content (AvgIpc) is 2.95. The summed E-state index contributed by atoms with van der Waals surface area (Å²) >= 11 is 0. The van der Waals surface area contributed by atoms with E-state index in [0.717, 1.165) is 25.2 Å². The molecule has 1 heterocycles. The number of aryl methyl sites for hydroxylation is 1. The van der Waals surface area contributed by atoms with Gasteiger partial charge in [0, 0.05) is 31.7 Å². The highest BCUT2D eigenvalue weighted by Crippen LogP contribution is 2.27. The molecule has 1 N–H and O–H groups in total. The van der Waals surface area contributed by atoms with Crippen LogP contribution in [-0.4, -0.2) is 19.0 Å². The molecule has 0 atom stereocenters. The maximum absolute atomic E-state index is 12.4. The molecule has 0 spiro atoms. The van der Waals surface area contributed by atoms with Gasteiger partial charge in [0.2, 0.25) is 5.91 Å². The summed E-state index contributed by atoms with van der Waals surface area (Å²) in [6.45, 7) is 4.44. The van der Waals surface area contributed by atoms with Crippen LogP contribution in [0.25, 0.3) is 0 Å². The van der Waals surface area contributed by atoms with Crippen molar-refractivity contribution in [3.63, 3.8) is 0 Å². The summed E-state index contributed by atoms with van der Waals surface area (Å²) in [5, 5.41) is 3.36. The number of nitrogens with zero attached hydrogens (tertiary/aromatic N) is 1. The van der Waals surface area contributed by atoms with Crippen LogP contribution in [0.4, 0.5) is 5.69 Å². The van der Waals surface area contributed by atoms with Crippen molar-refractivity contribution in [3.05, 3.63) is 65.2 Å². The Morgan fingerprint density at radius 3 is 2.91 bits per heavy atom. The topological polar surface area (TPSA) is 32.3 Å². The highest BCUT2D eigenvalue weighted by Gasteiger charge is 2.23. The summed E-state index contributed by atoms with van der Waals surface area (Å²) in [7, 11) is 0. The lowest BCUT2D eigenvalue weighted by Crippen LogP contribution is -2.31. The second kappa shape index (κ2) is 6.75. The molecular formula is C19H22N2O. The summed E-state index contributed by atoms with van der Waals surface area (Å²) in [6.07, 6.45) is 1.51. The fraction of sp³-hybridized carbons (Fsp3) is 0.316. The Balaban J connectivity index is 1.47. The molecule has 0 saturated heterocycles. The van der Waals surface area contributed by atoms with Crippen molar-refractivity contribution >= 4 is 11.6 Å². The number of rotatable bonds is 5. The molecule has 2 aromatic rings. The van der Waals surface area contributed by atoms with Crippen LogP contribution in [-0.2, 0) is 17.8 Å². The Hall–Kier alpha value is -2.13. The maximum Gasteiger partial charge on any atom is 0.228 e. The number of carbonyl (C=O) groups is 1. The number of amides is 1. The van der Waals surface area contributed by atoms with E-state index in [-0.39, 0.29) is 5.91 Å². The molecule has 0 radical (unpaired) electrons. The minimum absolute atomic E-state index is 0.210. The first kappa shape index (κ1) is 14.8. The molecule has 0 unspecified atom stereocenters. The van der Waals surface area contributed by atoms with Gasteiger partial charge in [0.25, 0.3) is 0 Å². The summed E-state index contributed by atoms with van der Waals surface area (Å²) < 4.78 is 0. The zero-order valence-electron chi connectivity index (χ0n) is 13.0. The lowest BCUT2D eigenvalue weighted by Gasteiger charge is -2.17. The average molecular weight is 294 g/mol. The van der Waals surface area contributed by atoms with Gasteiger partial charge in [0.05, 0.1) is 0 Å². The number of nitrogens with one attached hydrogen (secondary N) is 1. The number of benzene rings is 2. The second-order valence-electron chi connectivity index (χ2n) is 5.84. The van der Waals surface area contributed by atoms with Crippen LogP contribution >= 0.6 is 0 Å². The molecule has 2 aromatic carbocycles. The molecule has 0 aromatic heterocycles. The van der Waals surface area contributed by atoms with E-state index in [0.29, 0.717) is 13.0 Å². The van der Waals surface area contributed by atoms with E-state index in [9.17, 15) is 4.79 Å². The lowest BCUT2D eigenvalue weighted by molar-refractivity contribution is -0.118. The second-order valence-corrected chi connectivity index (χ2v) is 5.84. The van der Waals surface area contributed by atoms with E-state index in [1.807, 2.05) is 23.1 Å². The number of carbonyl (C=O) groups excluding carboxylic acids is 1. The third-order valence-electron chi connectivity index (χ3n) is 4.12. The van der Waals surface area contributed by atoms with Crippen LogP contribution in [0.2, 0.25) is 0 Å². The Morgan fingerprint density at radius 2 is 2.05 bits per heavy atom. The zero-order chi connectivity index (χ0) is 15.4. The third kappa shape index (κ3) is 3.37. The van der Waals surface area contributed by atoms with Gasteiger partial charge in [0.15, 0.2) is 0 Å². The molecule has 1 aliphatic rings. The van der Waals surface area contributed by atoms with E-state index in [4.69, 9.17) is 0 Å². The zero-order valence-corrected chi connectivity index (χ0v) is 13.0. The number of hydrogen-bond donors (Lipinski definition) is 1. The van der Waals surface area contributed by atoms with E-state index < -0.39 is 0 Å². The van der Waals surface area contributed by atoms with Gasteiger partial charge in [-0.2, -0.15) is 0 Å². The van der Waals surface area contributed by atoms with Crippen molar-refractivity contribution < 1.29 is 4.79 Å². The Labute approximate surface area is 132 Å². The van der Waals surface area contributed by atoms with Crippen LogP contribution in [0.3, 0.4) is 0 Å². The lowest BCUT2D eigenvalue weighted by atomic mass is 10.1. The molecule has 3 rings (SSSR count). The highest BCUT2D eigenvalue weighted by atomic mass is 16.2. The van der Waals surface area contributed by atoms with Crippen molar-refractivity contribution in [2.24, 2.45) is 0 Å². The number of hydrogen-bond acceptors (Lipinski definition) is 2. The normalized spacial score (nSPS) is 13.2. The standard InChI is InChI=1S/C19H22N2O/c1-15-5-4-6-16(13-15)14-20-11-9-19(22)21-12-10-17-7-2-3-8-18(17)21/h2-8,13,20H,9-12,14H2,1H3. The first-order valence-electron chi connectivity index (χ1n) is 7.88. The number of fused-ring (bicyclic) bond motifs is 1. The van der Waals surface area contributed by atoms with Crippen molar-refractivity contribution in [2.45, 2.75) is 26.3 Å². The van der Waals surface area contributed by atoms with E-state index in [1.54, 1.807) is 0 Å². The van der Waals surface area contributed by atoms with Crippen molar-refractivity contribution in [2.75, 3.05) is 18.0 Å². The first-order chi connectivity index (χ1) is 10.7. The van der Waals surface area contributed by atoms with E-state index in [1.165, 1.54) is 16.7 Å². The Bertz CT molecular complexity index is 666.